The third-order valence-corrected chi connectivity index (χ3v) is 4.93. The summed E-state index contributed by atoms with van der Waals surface area (Å²) < 4.78 is 107. The smallest absolute Gasteiger partial charge is 0.432 e. The molecule has 5 nitrogen and oxygen atoms in total. The molecule has 0 heterocycles. The first-order valence-corrected chi connectivity index (χ1v) is 9.46. The van der Waals surface area contributed by atoms with Crippen LogP contribution in [0.5, 0.6) is 11.5 Å². The summed E-state index contributed by atoms with van der Waals surface area (Å²) in [5.41, 5.74) is 0. The fourth-order valence-corrected chi connectivity index (χ4v) is 3.95. The van der Waals surface area contributed by atoms with Crippen LogP contribution in [0.3, 0.4) is 0 Å². The summed E-state index contributed by atoms with van der Waals surface area (Å²) in [6, 6.07) is 1.92. The first kappa shape index (κ1) is 21.9. The van der Waals surface area contributed by atoms with Crippen molar-refractivity contribution in [3.63, 3.8) is 0 Å². The van der Waals surface area contributed by atoms with Gasteiger partial charge in [-0.2, -0.15) is 22.0 Å². The van der Waals surface area contributed by atoms with Gasteiger partial charge in [-0.15, -0.1) is 0 Å². The first-order valence-electron chi connectivity index (χ1n) is 5.90. The molecule has 24 heavy (non-hydrogen) atoms. The molecule has 0 amide bonds. The molecule has 0 fully saturated rings. The Morgan fingerprint density at radius 1 is 1.17 bits per heavy atom. The van der Waals surface area contributed by atoms with E-state index in [4.69, 9.17) is 4.74 Å². The molecule has 0 saturated carbocycles. The second-order valence-corrected chi connectivity index (χ2v) is 7.98. The standard InChI is InChI=1S/C11H9F5I2O5S/c1-2-22-8-6(17)3-5(4-7(8)18)23-9(10(12,13)14)11(15,16)24(19,20)21/h3-4,9H,2H2,1H3,(H,19,20,21)/p-1. The van der Waals surface area contributed by atoms with Crippen molar-refractivity contribution in [2.24, 2.45) is 0 Å². The van der Waals surface area contributed by atoms with Crippen LogP contribution in [0, 0.1) is 7.14 Å². The average Bonchev–Trinajstić information content (AvgIpc) is 2.37. The molecular formula is C11H8F5I2O5S-. The van der Waals surface area contributed by atoms with Gasteiger partial charge in [-0.05, 0) is 64.2 Å². The highest BCUT2D eigenvalue weighted by Crippen LogP contribution is 2.40. The maximum Gasteiger partial charge on any atom is 0.432 e. The van der Waals surface area contributed by atoms with E-state index in [1.165, 1.54) is 0 Å². The predicted molar refractivity (Wildman–Crippen MR) is 88.2 cm³/mol. The molecule has 0 spiro atoms. The van der Waals surface area contributed by atoms with Gasteiger partial charge in [-0.25, -0.2) is 8.42 Å². The lowest BCUT2D eigenvalue weighted by atomic mass is 10.3. The number of alkyl halides is 5. The molecule has 0 saturated heterocycles. The van der Waals surface area contributed by atoms with Gasteiger partial charge in [-0.3, -0.25) is 0 Å². The van der Waals surface area contributed by atoms with Crippen LogP contribution in [0.2, 0.25) is 0 Å². The summed E-state index contributed by atoms with van der Waals surface area (Å²) in [4.78, 5) is 0. The number of ether oxygens (including phenoxy) is 2. The van der Waals surface area contributed by atoms with E-state index >= 15 is 0 Å². The fraction of sp³-hybridized carbons (Fsp3) is 0.455. The molecule has 138 valence electrons. The number of benzene rings is 1. The summed E-state index contributed by atoms with van der Waals surface area (Å²) in [5.74, 6) is -0.379. The quantitative estimate of drug-likeness (QED) is 0.283. The van der Waals surface area contributed by atoms with E-state index in [1.54, 1.807) is 52.1 Å². The summed E-state index contributed by atoms with van der Waals surface area (Å²) in [6.07, 6.45) is -9.94. The van der Waals surface area contributed by atoms with Crippen LogP contribution >= 0.6 is 45.2 Å². The molecule has 0 N–H and O–H groups in total. The Hall–Kier alpha value is -0.160. The highest BCUT2D eigenvalue weighted by molar-refractivity contribution is 14.1. The molecule has 13 heteroatoms. The second kappa shape index (κ2) is 7.61. The second-order valence-electron chi connectivity index (χ2n) is 4.20. The molecule has 0 aliphatic heterocycles. The van der Waals surface area contributed by atoms with Crippen molar-refractivity contribution in [2.75, 3.05) is 6.61 Å². The SMILES string of the molecule is CCOc1c(I)cc(OC(C(F)(F)F)C(F)(F)S(=O)(=O)[O-])cc1I. The van der Waals surface area contributed by atoms with Gasteiger partial charge in [0.1, 0.15) is 11.5 Å². The Morgan fingerprint density at radius 2 is 1.62 bits per heavy atom. The van der Waals surface area contributed by atoms with E-state index in [0.717, 1.165) is 12.1 Å². The van der Waals surface area contributed by atoms with E-state index in [2.05, 4.69) is 4.74 Å². The number of rotatable bonds is 6. The Labute approximate surface area is 160 Å². The zero-order chi connectivity index (χ0) is 18.9. The molecular weight excluding hydrogens is 593 g/mol. The van der Waals surface area contributed by atoms with Crippen LogP contribution < -0.4 is 9.47 Å². The third-order valence-electron chi connectivity index (χ3n) is 2.45. The van der Waals surface area contributed by atoms with Gasteiger partial charge in [0.2, 0.25) is 0 Å². The van der Waals surface area contributed by atoms with Gasteiger partial charge < -0.3 is 14.0 Å². The van der Waals surface area contributed by atoms with E-state index in [-0.39, 0.29) is 13.7 Å². The minimum Gasteiger partial charge on any atom is -0.743 e. The molecule has 1 aromatic rings. The summed E-state index contributed by atoms with van der Waals surface area (Å²) in [5, 5.41) is -5.69. The highest BCUT2D eigenvalue weighted by Gasteiger charge is 2.62. The molecule has 0 radical (unpaired) electrons. The van der Waals surface area contributed by atoms with Crippen LogP contribution in [0.1, 0.15) is 6.92 Å². The van der Waals surface area contributed by atoms with E-state index < -0.39 is 33.4 Å². The van der Waals surface area contributed by atoms with Gasteiger partial charge in [0.05, 0.1) is 13.7 Å². The normalized spacial score (nSPS) is 14.4. The Bertz CT molecular complexity index is 684. The van der Waals surface area contributed by atoms with Crippen molar-refractivity contribution in [3.05, 3.63) is 19.3 Å². The molecule has 1 unspecified atom stereocenters. The number of hydrogen-bond acceptors (Lipinski definition) is 5. The monoisotopic (exact) mass is 601 g/mol. The third kappa shape index (κ3) is 4.94. The minimum absolute atomic E-state index is 0.254. The van der Waals surface area contributed by atoms with Crippen LogP contribution in [0.25, 0.3) is 0 Å². The lowest BCUT2D eigenvalue weighted by molar-refractivity contribution is -0.239. The average molecular weight is 601 g/mol. The van der Waals surface area contributed by atoms with Gasteiger partial charge in [0.15, 0.2) is 10.1 Å². The van der Waals surface area contributed by atoms with Crippen molar-refractivity contribution in [3.8, 4) is 11.5 Å². The summed E-state index contributed by atoms with van der Waals surface area (Å²) >= 11 is 3.36. The van der Waals surface area contributed by atoms with Crippen molar-refractivity contribution in [1.29, 1.82) is 0 Å². The molecule has 1 atom stereocenters. The molecule has 1 aromatic carbocycles. The van der Waals surface area contributed by atoms with E-state index in [9.17, 15) is 34.9 Å². The maximum atomic E-state index is 13.4. The molecule has 0 aliphatic carbocycles. The Kier molecular flexibility index (Phi) is 6.94. The van der Waals surface area contributed by atoms with Crippen LogP contribution in [0.4, 0.5) is 22.0 Å². The fourth-order valence-electron chi connectivity index (χ4n) is 1.48. The van der Waals surface area contributed by atoms with Crippen molar-refractivity contribution < 1.29 is 44.4 Å². The zero-order valence-electron chi connectivity index (χ0n) is 11.5. The minimum atomic E-state index is -6.60. The van der Waals surface area contributed by atoms with Gasteiger partial charge in [-0.1, -0.05) is 0 Å². The molecule has 0 bridgehead atoms. The van der Waals surface area contributed by atoms with Crippen molar-refractivity contribution in [1.82, 2.24) is 0 Å². The number of halogens is 7. The maximum absolute atomic E-state index is 13.4. The van der Waals surface area contributed by atoms with E-state index in [1.807, 2.05) is 0 Å². The van der Waals surface area contributed by atoms with Crippen LogP contribution in [0.15, 0.2) is 12.1 Å². The lowest BCUT2D eigenvalue weighted by Crippen LogP contribution is -2.53. The topological polar surface area (TPSA) is 75.7 Å². The summed E-state index contributed by atoms with van der Waals surface area (Å²) in [6.45, 7) is 1.92. The van der Waals surface area contributed by atoms with Crippen LogP contribution in [-0.2, 0) is 10.1 Å². The Balaban J connectivity index is 3.32. The van der Waals surface area contributed by atoms with E-state index in [0.29, 0.717) is 5.75 Å². The van der Waals surface area contributed by atoms with Crippen LogP contribution in [-0.4, -0.2) is 37.1 Å². The van der Waals surface area contributed by atoms with Gasteiger partial charge >= 0.3 is 11.4 Å². The first-order chi connectivity index (χ1) is 10.7. The van der Waals surface area contributed by atoms with Crippen molar-refractivity contribution in [2.45, 2.75) is 24.5 Å². The Morgan fingerprint density at radius 3 is 1.96 bits per heavy atom. The predicted octanol–water partition coefficient (Wildman–Crippen LogP) is 3.74. The number of hydrogen-bond donors (Lipinski definition) is 0. The molecule has 0 aromatic heterocycles. The van der Waals surface area contributed by atoms with Gasteiger partial charge in [0, 0.05) is 0 Å². The molecule has 1 rings (SSSR count). The van der Waals surface area contributed by atoms with Crippen molar-refractivity contribution >= 4 is 55.3 Å². The zero-order valence-corrected chi connectivity index (χ0v) is 16.7. The lowest BCUT2D eigenvalue weighted by Gasteiger charge is -2.30. The van der Waals surface area contributed by atoms with Gasteiger partial charge in [0.25, 0.3) is 6.10 Å². The largest absolute Gasteiger partial charge is 0.743 e. The molecule has 0 aliphatic rings. The highest BCUT2D eigenvalue weighted by atomic mass is 127. The summed E-state index contributed by atoms with van der Waals surface area (Å²) in [7, 11) is -6.60.